The Hall–Kier alpha value is -5.93. The molecule has 0 N–H and O–H groups in total. The van der Waals surface area contributed by atoms with Gasteiger partial charge >= 0.3 is 0 Å². The van der Waals surface area contributed by atoms with Crippen molar-refractivity contribution in [3.8, 4) is 33.4 Å². The lowest BCUT2D eigenvalue weighted by atomic mass is 9.83. The first-order valence-electron chi connectivity index (χ1n) is 18.1. The average molecular weight is 659 g/mol. The molecule has 1 aromatic heterocycles. The third-order valence-electron chi connectivity index (χ3n) is 11.0. The molecule has 246 valence electrons. The number of nitrogens with zero attached hydrogens (tertiary/aromatic N) is 3. The molecule has 3 heteroatoms. The summed E-state index contributed by atoms with van der Waals surface area (Å²) < 4.78 is 2.60. The van der Waals surface area contributed by atoms with Gasteiger partial charge in [-0.3, -0.25) is 0 Å². The Morgan fingerprint density at radius 1 is 0.549 bits per heavy atom. The van der Waals surface area contributed by atoms with E-state index in [9.17, 15) is 0 Å². The van der Waals surface area contributed by atoms with Gasteiger partial charge in [0.15, 0.2) is 12.3 Å². The number of hydrogen-bond acceptors (Lipinski definition) is 2. The van der Waals surface area contributed by atoms with E-state index in [-0.39, 0.29) is 11.8 Å². The summed E-state index contributed by atoms with van der Waals surface area (Å²) in [5, 5.41) is 9.72. The third-order valence-corrected chi connectivity index (χ3v) is 11.0. The van der Waals surface area contributed by atoms with E-state index in [1.165, 1.54) is 78.2 Å². The molecule has 1 atom stereocenters. The van der Waals surface area contributed by atoms with Crippen molar-refractivity contribution in [3.63, 3.8) is 0 Å². The molecule has 0 saturated carbocycles. The van der Waals surface area contributed by atoms with Crippen LogP contribution in [0.1, 0.15) is 63.5 Å². The highest BCUT2D eigenvalue weighted by atomic mass is 15.1. The number of fused-ring (bicyclic) bond motifs is 4. The molecule has 0 fully saturated rings. The molecule has 0 radical (unpaired) electrons. The second-order valence-corrected chi connectivity index (χ2v) is 14.0. The Morgan fingerprint density at radius 3 is 1.69 bits per heavy atom. The molecule has 0 saturated heterocycles. The summed E-state index contributed by atoms with van der Waals surface area (Å²) in [6.07, 6.45) is 0.968. The Labute approximate surface area is 300 Å². The van der Waals surface area contributed by atoms with Crippen LogP contribution in [0.5, 0.6) is 0 Å². The van der Waals surface area contributed by atoms with Crippen molar-refractivity contribution >= 4 is 11.4 Å². The number of rotatable bonds is 6. The zero-order valence-electron chi connectivity index (χ0n) is 29.3. The van der Waals surface area contributed by atoms with Crippen LogP contribution in [0.3, 0.4) is 0 Å². The van der Waals surface area contributed by atoms with Gasteiger partial charge < -0.3 is 0 Å². The van der Waals surface area contributed by atoms with Crippen LogP contribution >= 0.6 is 0 Å². The second-order valence-electron chi connectivity index (χ2n) is 14.0. The van der Waals surface area contributed by atoms with E-state index in [4.69, 9.17) is 10.2 Å². The average Bonchev–Trinajstić information content (AvgIpc) is 3.51. The Morgan fingerprint density at radius 2 is 1.08 bits per heavy atom. The molecule has 9 rings (SSSR count). The molecule has 1 aliphatic carbocycles. The van der Waals surface area contributed by atoms with Gasteiger partial charge in [-0.1, -0.05) is 133 Å². The molecular weight excluding hydrogens is 619 g/mol. The number of aromatic nitrogens is 2. The molecule has 0 spiro atoms. The molecule has 2 heterocycles. The van der Waals surface area contributed by atoms with E-state index >= 15 is 0 Å². The van der Waals surface area contributed by atoms with Crippen LogP contribution in [0.2, 0.25) is 0 Å². The highest BCUT2D eigenvalue weighted by molar-refractivity contribution is 6.04. The summed E-state index contributed by atoms with van der Waals surface area (Å²) >= 11 is 0. The predicted octanol–water partition coefficient (Wildman–Crippen LogP) is 11.1. The summed E-state index contributed by atoms with van der Waals surface area (Å²) in [5.41, 5.74) is 19.9. The quantitative estimate of drug-likeness (QED) is 0.166. The predicted molar refractivity (Wildman–Crippen MR) is 209 cm³/mol. The molecule has 2 aliphatic rings. The monoisotopic (exact) mass is 658 g/mol. The van der Waals surface area contributed by atoms with Crippen LogP contribution in [-0.2, 0) is 6.42 Å². The summed E-state index contributed by atoms with van der Waals surface area (Å²) in [4.78, 5) is 0. The molecule has 7 aromatic rings. The van der Waals surface area contributed by atoms with E-state index in [1.807, 2.05) is 0 Å². The van der Waals surface area contributed by atoms with Crippen LogP contribution in [0.25, 0.3) is 33.4 Å². The van der Waals surface area contributed by atoms with Gasteiger partial charge in [0.2, 0.25) is 5.69 Å². The van der Waals surface area contributed by atoms with Crippen LogP contribution in [0, 0.1) is 13.8 Å². The maximum atomic E-state index is 4.87. The summed E-state index contributed by atoms with van der Waals surface area (Å²) in [5.74, 6) is 0.155. The minimum Gasteiger partial charge on any atom is -0.193 e. The van der Waals surface area contributed by atoms with Gasteiger partial charge in [0.1, 0.15) is 5.69 Å². The highest BCUT2D eigenvalue weighted by Gasteiger charge is 2.40. The zero-order valence-corrected chi connectivity index (χ0v) is 29.3. The van der Waals surface area contributed by atoms with E-state index in [0.29, 0.717) is 0 Å². The molecule has 0 bridgehead atoms. The second kappa shape index (κ2) is 12.8. The van der Waals surface area contributed by atoms with Gasteiger partial charge in [-0.2, -0.15) is 9.67 Å². The summed E-state index contributed by atoms with van der Waals surface area (Å²) in [7, 11) is 0. The standard InChI is InChI=1S/C48H40N3/c1-31(34-15-7-4-8-16-34)47-40-22-14-13-21-37(40)27-28-51(47)48-33(3)50-49-32(2)45(48)46-43-29-38(35-17-9-5-10-18-35)23-25-41(43)42-26-24-39(30-44(42)46)36-19-11-6-12-20-36/h4-26,29-31,46H,27-28H2,1-3H3/q+1. The van der Waals surface area contributed by atoms with Gasteiger partial charge in [-0.25, -0.2) is 0 Å². The number of hydrogen-bond donors (Lipinski definition) is 0. The molecule has 1 aliphatic heterocycles. The first kappa shape index (κ1) is 31.1. The van der Waals surface area contributed by atoms with Crippen LogP contribution in [0.15, 0.2) is 152 Å². The lowest BCUT2D eigenvalue weighted by Gasteiger charge is -2.26. The fraction of sp³-hybridized carbons (Fsp3) is 0.146. The largest absolute Gasteiger partial charge is 0.234 e. The maximum Gasteiger partial charge on any atom is 0.234 e. The highest BCUT2D eigenvalue weighted by Crippen LogP contribution is 2.53. The fourth-order valence-electron chi connectivity index (χ4n) is 8.58. The van der Waals surface area contributed by atoms with Crippen molar-refractivity contribution in [1.82, 2.24) is 10.2 Å². The maximum absolute atomic E-state index is 4.87. The fourth-order valence-corrected chi connectivity index (χ4v) is 8.58. The van der Waals surface area contributed by atoms with Gasteiger partial charge in [-0.05, 0) is 94.6 Å². The van der Waals surface area contributed by atoms with Gasteiger partial charge in [-0.15, -0.1) is 5.10 Å². The minimum atomic E-state index is -0.0167. The molecule has 0 amide bonds. The van der Waals surface area contributed by atoms with Crippen molar-refractivity contribution in [3.05, 3.63) is 196 Å². The van der Waals surface area contributed by atoms with Crippen molar-refractivity contribution in [2.45, 2.75) is 39.0 Å². The molecule has 1 unspecified atom stereocenters. The molecular formula is C48H40N3+. The number of aryl methyl sites for hydroxylation is 2. The van der Waals surface area contributed by atoms with Crippen LogP contribution in [0.4, 0.5) is 5.69 Å². The van der Waals surface area contributed by atoms with Crippen molar-refractivity contribution in [2.75, 3.05) is 6.54 Å². The summed E-state index contributed by atoms with van der Waals surface area (Å²) in [6.45, 7) is 7.54. The SMILES string of the molecule is Cc1nnc(C)c([N+]2=C(C(C)c3ccccc3)c3ccccc3CC2)c1C1c2cc(-c3ccccc3)ccc2-c2ccc(-c3ccccc3)cc21. The van der Waals surface area contributed by atoms with E-state index in [2.05, 4.69) is 177 Å². The Balaban J connectivity index is 1.33. The number of benzene rings is 6. The van der Waals surface area contributed by atoms with Crippen molar-refractivity contribution in [1.29, 1.82) is 0 Å². The van der Waals surface area contributed by atoms with Gasteiger partial charge in [0.05, 0.1) is 17.2 Å². The smallest absolute Gasteiger partial charge is 0.193 e. The lowest BCUT2D eigenvalue weighted by molar-refractivity contribution is -0.444. The normalized spacial score (nSPS) is 14.2. The topological polar surface area (TPSA) is 28.8 Å². The van der Waals surface area contributed by atoms with E-state index in [1.54, 1.807) is 0 Å². The van der Waals surface area contributed by atoms with E-state index in [0.717, 1.165) is 24.4 Å². The molecule has 51 heavy (non-hydrogen) atoms. The first-order valence-corrected chi connectivity index (χ1v) is 18.1. The molecule has 6 aromatic carbocycles. The van der Waals surface area contributed by atoms with E-state index < -0.39 is 0 Å². The lowest BCUT2D eigenvalue weighted by Crippen LogP contribution is -2.32. The first-order chi connectivity index (χ1) is 25.1. The van der Waals surface area contributed by atoms with Crippen molar-refractivity contribution in [2.24, 2.45) is 0 Å². The van der Waals surface area contributed by atoms with Gasteiger partial charge in [0, 0.05) is 17.9 Å². The summed E-state index contributed by atoms with van der Waals surface area (Å²) in [6, 6.07) is 55.5. The molecule has 3 nitrogen and oxygen atoms in total. The van der Waals surface area contributed by atoms with Crippen molar-refractivity contribution < 1.29 is 4.58 Å². The zero-order chi connectivity index (χ0) is 34.5. The Kier molecular flexibility index (Phi) is 7.77. The third kappa shape index (κ3) is 5.32. The Bertz CT molecular complexity index is 2360. The van der Waals surface area contributed by atoms with Crippen LogP contribution in [-0.4, -0.2) is 27.0 Å². The van der Waals surface area contributed by atoms with Gasteiger partial charge in [0.25, 0.3) is 0 Å². The van der Waals surface area contributed by atoms with Crippen LogP contribution < -0.4 is 0 Å². The minimum absolute atomic E-state index is 0.0167.